The van der Waals surface area contributed by atoms with Crippen molar-refractivity contribution >= 4 is 28.5 Å². The average Bonchev–Trinajstić information content (AvgIpc) is 2.83. The molecule has 0 aliphatic heterocycles. The Bertz CT molecular complexity index is 1570. The number of nitrogens with one attached hydrogen (secondary N) is 1. The van der Waals surface area contributed by atoms with E-state index in [1.807, 2.05) is 6.07 Å². The topological polar surface area (TPSA) is 149 Å². The summed E-state index contributed by atoms with van der Waals surface area (Å²) in [5.41, 5.74) is 8.33. The first-order valence-electron chi connectivity index (χ1n) is 10.6. The predicted molar refractivity (Wildman–Crippen MR) is 125 cm³/mol. The van der Waals surface area contributed by atoms with E-state index >= 15 is 0 Å². The van der Waals surface area contributed by atoms with Crippen molar-refractivity contribution in [2.75, 3.05) is 23.3 Å². The molecule has 2 aromatic heterocycles. The zero-order chi connectivity index (χ0) is 26.9. The summed E-state index contributed by atoms with van der Waals surface area (Å²) >= 11 is 0. The van der Waals surface area contributed by atoms with Crippen molar-refractivity contribution in [3.8, 4) is 11.8 Å². The Balaban J connectivity index is 1.85. The molecular formula is C23H17F5N8O. The Labute approximate surface area is 205 Å². The fourth-order valence-electron chi connectivity index (χ4n) is 3.74. The SMILES string of the molecule is N#Cc1c(N)nc(N)nc1NCCc1nc2cccc(F)c2c(=O)n1-c1cc(C(F)F)cc(C(F)F)c1. The van der Waals surface area contributed by atoms with E-state index in [2.05, 4.69) is 20.3 Å². The van der Waals surface area contributed by atoms with E-state index < -0.39 is 40.7 Å². The number of nitriles is 1. The van der Waals surface area contributed by atoms with Crippen LogP contribution in [0.1, 0.15) is 35.4 Å². The van der Waals surface area contributed by atoms with Crippen molar-refractivity contribution in [3.05, 3.63) is 75.1 Å². The summed E-state index contributed by atoms with van der Waals surface area (Å²) in [5.74, 6) is -1.36. The number of halogens is 5. The lowest BCUT2D eigenvalue weighted by atomic mass is 10.1. The van der Waals surface area contributed by atoms with Crippen molar-refractivity contribution in [2.45, 2.75) is 19.3 Å². The van der Waals surface area contributed by atoms with Crippen LogP contribution in [0, 0.1) is 17.1 Å². The molecule has 5 N–H and O–H groups in total. The van der Waals surface area contributed by atoms with E-state index in [9.17, 15) is 32.0 Å². The maximum absolute atomic E-state index is 14.5. The molecule has 0 spiro atoms. The number of benzene rings is 2. The molecule has 0 radical (unpaired) electrons. The summed E-state index contributed by atoms with van der Waals surface area (Å²) in [6.07, 6.45) is -6.33. The lowest BCUT2D eigenvalue weighted by molar-refractivity contribution is 0.144. The number of hydrogen-bond acceptors (Lipinski definition) is 8. The minimum Gasteiger partial charge on any atom is -0.382 e. The van der Waals surface area contributed by atoms with Crippen molar-refractivity contribution in [1.82, 2.24) is 19.5 Å². The first kappa shape index (κ1) is 25.3. The number of anilines is 3. The molecule has 14 heteroatoms. The molecule has 0 saturated carbocycles. The standard InChI is InChI=1S/C23H17F5N8O/c24-14-2-1-3-15-17(14)22(37)36(12-7-10(18(25)26)6-11(8-12)19(27)28)16(33-15)4-5-32-21-13(9-29)20(30)34-23(31)35-21/h1-3,6-8,18-19H,4-5H2,(H5,30,31,32,34,35). The van der Waals surface area contributed by atoms with E-state index in [0.29, 0.717) is 6.07 Å². The van der Waals surface area contributed by atoms with E-state index in [1.165, 1.54) is 12.1 Å². The quantitative estimate of drug-likeness (QED) is 0.314. The van der Waals surface area contributed by atoms with Crippen LogP contribution in [-0.4, -0.2) is 26.1 Å². The number of fused-ring (bicyclic) bond motifs is 1. The van der Waals surface area contributed by atoms with Gasteiger partial charge in [0.15, 0.2) is 5.82 Å². The van der Waals surface area contributed by atoms with Crippen LogP contribution in [0.25, 0.3) is 16.6 Å². The van der Waals surface area contributed by atoms with Gasteiger partial charge in [0, 0.05) is 24.1 Å². The van der Waals surface area contributed by atoms with Gasteiger partial charge in [-0.2, -0.15) is 15.2 Å². The Morgan fingerprint density at radius 3 is 2.32 bits per heavy atom. The highest BCUT2D eigenvalue weighted by molar-refractivity contribution is 5.78. The minimum absolute atomic E-state index is 0.00656. The maximum atomic E-state index is 14.5. The molecule has 0 fully saturated rings. The molecule has 4 aromatic rings. The predicted octanol–water partition coefficient (Wildman–Crippen LogP) is 3.88. The van der Waals surface area contributed by atoms with Crippen LogP contribution < -0.4 is 22.3 Å². The second-order valence-electron chi connectivity index (χ2n) is 7.74. The molecule has 0 saturated heterocycles. The number of nitrogens with two attached hydrogens (primary N) is 2. The molecule has 0 aliphatic rings. The highest BCUT2D eigenvalue weighted by Crippen LogP contribution is 2.29. The molecule has 0 atom stereocenters. The summed E-state index contributed by atoms with van der Waals surface area (Å²) in [6, 6.07) is 7.91. The van der Waals surface area contributed by atoms with Gasteiger partial charge in [-0.05, 0) is 30.3 Å². The minimum atomic E-state index is -3.11. The Morgan fingerprint density at radius 1 is 1.03 bits per heavy atom. The smallest absolute Gasteiger partial charge is 0.268 e. The van der Waals surface area contributed by atoms with Gasteiger partial charge in [-0.15, -0.1) is 0 Å². The van der Waals surface area contributed by atoms with Gasteiger partial charge in [0.25, 0.3) is 18.4 Å². The lowest BCUT2D eigenvalue weighted by Gasteiger charge is -2.17. The molecule has 0 unspecified atom stereocenters. The van der Waals surface area contributed by atoms with Crippen LogP contribution in [-0.2, 0) is 6.42 Å². The zero-order valence-electron chi connectivity index (χ0n) is 18.7. The summed E-state index contributed by atoms with van der Waals surface area (Å²) in [6.45, 7) is -0.0475. The van der Waals surface area contributed by atoms with E-state index in [-0.39, 0.29) is 53.1 Å². The number of hydrogen-bond donors (Lipinski definition) is 3. The van der Waals surface area contributed by atoms with Crippen LogP contribution in [0.2, 0.25) is 0 Å². The normalized spacial score (nSPS) is 11.3. The Morgan fingerprint density at radius 2 is 1.70 bits per heavy atom. The molecule has 0 aliphatic carbocycles. The number of nitrogen functional groups attached to an aromatic ring is 2. The van der Waals surface area contributed by atoms with Crippen molar-refractivity contribution in [3.63, 3.8) is 0 Å². The number of rotatable bonds is 7. The largest absolute Gasteiger partial charge is 0.382 e. The van der Waals surface area contributed by atoms with Gasteiger partial charge in [0.05, 0.1) is 11.2 Å². The van der Waals surface area contributed by atoms with Gasteiger partial charge >= 0.3 is 0 Å². The molecule has 0 bridgehead atoms. The van der Waals surface area contributed by atoms with E-state index in [4.69, 9.17) is 11.5 Å². The highest BCUT2D eigenvalue weighted by atomic mass is 19.3. The van der Waals surface area contributed by atoms with Gasteiger partial charge in [0.2, 0.25) is 5.95 Å². The van der Waals surface area contributed by atoms with Crippen molar-refractivity contribution in [1.29, 1.82) is 5.26 Å². The molecule has 37 heavy (non-hydrogen) atoms. The number of nitrogens with zero attached hydrogens (tertiary/aromatic N) is 5. The monoisotopic (exact) mass is 516 g/mol. The second-order valence-corrected chi connectivity index (χ2v) is 7.74. The van der Waals surface area contributed by atoms with Gasteiger partial charge < -0.3 is 16.8 Å². The van der Waals surface area contributed by atoms with Crippen LogP contribution in [0.5, 0.6) is 0 Å². The third kappa shape index (κ3) is 4.96. The molecule has 2 heterocycles. The zero-order valence-corrected chi connectivity index (χ0v) is 18.7. The summed E-state index contributed by atoms with van der Waals surface area (Å²) in [5, 5.41) is 11.7. The molecule has 190 valence electrons. The summed E-state index contributed by atoms with van der Waals surface area (Å²) < 4.78 is 69.3. The van der Waals surface area contributed by atoms with Crippen LogP contribution in [0.15, 0.2) is 41.2 Å². The number of aromatic nitrogens is 4. The second kappa shape index (κ2) is 10.1. The third-order valence-corrected chi connectivity index (χ3v) is 5.35. The van der Waals surface area contributed by atoms with Crippen LogP contribution in [0.3, 0.4) is 0 Å². The van der Waals surface area contributed by atoms with E-state index in [1.54, 1.807) is 0 Å². The summed E-state index contributed by atoms with van der Waals surface area (Å²) in [4.78, 5) is 25.2. The molecule has 9 nitrogen and oxygen atoms in total. The van der Waals surface area contributed by atoms with Gasteiger partial charge in [-0.1, -0.05) is 6.07 Å². The molecular weight excluding hydrogens is 499 g/mol. The fraction of sp³-hybridized carbons (Fsp3) is 0.174. The van der Waals surface area contributed by atoms with E-state index in [0.717, 1.165) is 22.8 Å². The molecule has 0 amide bonds. The molecule has 4 rings (SSSR count). The summed E-state index contributed by atoms with van der Waals surface area (Å²) in [7, 11) is 0. The first-order chi connectivity index (χ1) is 17.6. The first-order valence-corrected chi connectivity index (χ1v) is 10.6. The Hall–Kier alpha value is -4.80. The number of alkyl halides is 4. The van der Waals surface area contributed by atoms with Crippen LogP contribution in [0.4, 0.5) is 39.5 Å². The highest BCUT2D eigenvalue weighted by Gasteiger charge is 2.21. The maximum Gasteiger partial charge on any atom is 0.268 e. The van der Waals surface area contributed by atoms with Crippen molar-refractivity contribution < 1.29 is 22.0 Å². The average molecular weight is 516 g/mol. The lowest BCUT2D eigenvalue weighted by Crippen LogP contribution is -2.26. The fourth-order valence-corrected chi connectivity index (χ4v) is 3.74. The van der Waals surface area contributed by atoms with Gasteiger partial charge in [0.1, 0.15) is 34.5 Å². The van der Waals surface area contributed by atoms with Crippen LogP contribution >= 0.6 is 0 Å². The molecule has 2 aromatic carbocycles. The Kier molecular flexibility index (Phi) is 6.87. The van der Waals surface area contributed by atoms with Crippen molar-refractivity contribution in [2.24, 2.45) is 0 Å². The third-order valence-electron chi connectivity index (χ3n) is 5.35. The van der Waals surface area contributed by atoms with Gasteiger partial charge in [-0.25, -0.2) is 26.9 Å². The van der Waals surface area contributed by atoms with Gasteiger partial charge in [-0.3, -0.25) is 9.36 Å².